The van der Waals surface area contributed by atoms with Gasteiger partial charge >= 0.3 is 5.97 Å². The third-order valence-electron chi connectivity index (χ3n) is 4.77. The third-order valence-corrected chi connectivity index (χ3v) is 4.77. The van der Waals surface area contributed by atoms with Gasteiger partial charge in [-0.25, -0.2) is 9.78 Å². The summed E-state index contributed by atoms with van der Waals surface area (Å²) in [6, 6.07) is 4.59. The number of carboxylic acid groups (broad SMARTS) is 1. The molecule has 3 rings (SSSR count). The Morgan fingerprint density at radius 2 is 1.81 bits per heavy atom. The molecule has 0 spiro atoms. The summed E-state index contributed by atoms with van der Waals surface area (Å²) in [4.78, 5) is 29.3. The van der Waals surface area contributed by atoms with E-state index in [4.69, 9.17) is 5.11 Å². The highest BCUT2D eigenvalue weighted by atomic mass is 16.4. The summed E-state index contributed by atoms with van der Waals surface area (Å²) in [5.74, 6) is 0.137. The van der Waals surface area contributed by atoms with Crippen molar-refractivity contribution in [1.82, 2.24) is 9.88 Å². The Labute approximate surface area is 124 Å². The van der Waals surface area contributed by atoms with Crippen molar-refractivity contribution < 1.29 is 14.7 Å². The van der Waals surface area contributed by atoms with Gasteiger partial charge in [0.2, 0.25) is 0 Å². The quantitative estimate of drug-likeness (QED) is 0.907. The predicted octanol–water partition coefficient (Wildman–Crippen LogP) is 2.43. The Bertz CT molecular complexity index is 558. The normalized spacial score (nSPS) is 25.2. The molecule has 112 valence electrons. The van der Waals surface area contributed by atoms with Gasteiger partial charge in [-0.3, -0.25) is 4.79 Å². The van der Waals surface area contributed by atoms with E-state index in [9.17, 15) is 9.59 Å². The van der Waals surface area contributed by atoms with Crippen molar-refractivity contribution in [3.05, 3.63) is 29.6 Å². The molecule has 1 aromatic rings. The minimum Gasteiger partial charge on any atom is -0.477 e. The fourth-order valence-corrected chi connectivity index (χ4v) is 3.62. The van der Waals surface area contributed by atoms with E-state index >= 15 is 0 Å². The summed E-state index contributed by atoms with van der Waals surface area (Å²) in [5.41, 5.74) is 0.164. The molecule has 1 N–H and O–H groups in total. The summed E-state index contributed by atoms with van der Waals surface area (Å²) in [6.45, 7) is 1.56. The van der Waals surface area contributed by atoms with Gasteiger partial charge < -0.3 is 10.0 Å². The highest BCUT2D eigenvalue weighted by Crippen LogP contribution is 2.36. The third kappa shape index (κ3) is 2.91. The van der Waals surface area contributed by atoms with Gasteiger partial charge in [0.05, 0.1) is 0 Å². The molecule has 0 radical (unpaired) electrons. The maximum Gasteiger partial charge on any atom is 0.354 e. The highest BCUT2D eigenvalue weighted by molar-refractivity contribution is 5.94. The molecule has 2 fully saturated rings. The summed E-state index contributed by atoms with van der Waals surface area (Å²) in [6.07, 6.45) is 6.14. The summed E-state index contributed by atoms with van der Waals surface area (Å²) in [7, 11) is 0. The van der Waals surface area contributed by atoms with Gasteiger partial charge in [-0.05, 0) is 36.8 Å². The second-order valence-electron chi connectivity index (χ2n) is 6.06. The zero-order valence-corrected chi connectivity index (χ0v) is 12.0. The highest BCUT2D eigenvalue weighted by Gasteiger charge is 2.33. The lowest BCUT2D eigenvalue weighted by atomic mass is 9.75. The van der Waals surface area contributed by atoms with E-state index in [0.717, 1.165) is 25.4 Å². The number of hydrogen-bond donors (Lipinski definition) is 1. The van der Waals surface area contributed by atoms with Crippen LogP contribution < -0.4 is 0 Å². The lowest BCUT2D eigenvalue weighted by Crippen LogP contribution is -2.45. The molecular weight excluding hydrogens is 268 g/mol. The van der Waals surface area contributed by atoms with Crippen LogP contribution in [0.15, 0.2) is 18.2 Å². The van der Waals surface area contributed by atoms with Gasteiger partial charge in [-0.2, -0.15) is 0 Å². The van der Waals surface area contributed by atoms with Crippen LogP contribution in [0.4, 0.5) is 0 Å². The first-order valence-corrected chi connectivity index (χ1v) is 7.65. The van der Waals surface area contributed by atoms with Crippen molar-refractivity contribution in [2.75, 3.05) is 13.1 Å². The molecule has 2 unspecified atom stereocenters. The number of amides is 1. The van der Waals surface area contributed by atoms with Crippen LogP contribution in [-0.4, -0.2) is 40.0 Å². The number of carbonyl (C=O) groups is 2. The number of carbonyl (C=O) groups excluding carboxylic acids is 1. The van der Waals surface area contributed by atoms with Crippen molar-refractivity contribution in [3.8, 4) is 0 Å². The van der Waals surface area contributed by atoms with E-state index < -0.39 is 5.97 Å². The number of hydrogen-bond acceptors (Lipinski definition) is 3. The second kappa shape index (κ2) is 5.84. The molecule has 0 bridgehead atoms. The van der Waals surface area contributed by atoms with Gasteiger partial charge in [-0.1, -0.05) is 25.3 Å². The first-order valence-electron chi connectivity index (χ1n) is 7.65. The van der Waals surface area contributed by atoms with Crippen molar-refractivity contribution in [2.24, 2.45) is 11.8 Å². The van der Waals surface area contributed by atoms with Crippen LogP contribution in [0.3, 0.4) is 0 Å². The first kappa shape index (κ1) is 14.0. The number of piperidine rings is 1. The van der Waals surface area contributed by atoms with Gasteiger partial charge in [-0.15, -0.1) is 0 Å². The summed E-state index contributed by atoms with van der Waals surface area (Å²) < 4.78 is 0. The predicted molar refractivity (Wildman–Crippen MR) is 77.2 cm³/mol. The van der Waals surface area contributed by atoms with Crippen LogP contribution in [0.2, 0.25) is 0 Å². The maximum absolute atomic E-state index is 12.5. The van der Waals surface area contributed by atoms with Gasteiger partial charge in [0.1, 0.15) is 11.4 Å². The van der Waals surface area contributed by atoms with Crippen molar-refractivity contribution >= 4 is 11.9 Å². The molecule has 1 saturated heterocycles. The number of pyridine rings is 1. The van der Waals surface area contributed by atoms with Crippen molar-refractivity contribution in [2.45, 2.75) is 32.1 Å². The number of rotatable bonds is 2. The van der Waals surface area contributed by atoms with E-state index in [-0.39, 0.29) is 17.3 Å². The van der Waals surface area contributed by atoms with Crippen LogP contribution >= 0.6 is 0 Å². The minimum absolute atomic E-state index is 0.0756. The zero-order chi connectivity index (χ0) is 14.8. The molecule has 5 nitrogen and oxygen atoms in total. The molecule has 2 heterocycles. The van der Waals surface area contributed by atoms with E-state index in [2.05, 4.69) is 4.98 Å². The number of carboxylic acids is 1. The molecule has 1 aromatic heterocycles. The molecule has 1 amide bonds. The maximum atomic E-state index is 12.5. The second-order valence-corrected chi connectivity index (χ2v) is 6.06. The number of fused-ring (bicyclic) bond motifs is 1. The van der Waals surface area contributed by atoms with E-state index in [0.29, 0.717) is 5.92 Å². The fourth-order valence-electron chi connectivity index (χ4n) is 3.62. The zero-order valence-electron chi connectivity index (χ0n) is 12.0. The lowest BCUT2D eigenvalue weighted by Gasteiger charge is -2.41. The number of nitrogens with zero attached hydrogens (tertiary/aromatic N) is 2. The Hall–Kier alpha value is -1.91. The summed E-state index contributed by atoms with van der Waals surface area (Å²) >= 11 is 0. The van der Waals surface area contributed by atoms with E-state index in [1.165, 1.54) is 31.7 Å². The Balaban J connectivity index is 1.73. The molecule has 1 aliphatic carbocycles. The molecule has 1 aliphatic heterocycles. The topological polar surface area (TPSA) is 70.5 Å². The molecule has 0 aromatic carbocycles. The van der Waals surface area contributed by atoms with Crippen molar-refractivity contribution in [1.29, 1.82) is 0 Å². The van der Waals surface area contributed by atoms with Crippen LogP contribution in [0, 0.1) is 11.8 Å². The first-order chi connectivity index (χ1) is 10.1. The smallest absolute Gasteiger partial charge is 0.354 e. The Morgan fingerprint density at radius 3 is 2.57 bits per heavy atom. The van der Waals surface area contributed by atoms with Gasteiger partial charge in [0, 0.05) is 13.1 Å². The van der Waals surface area contributed by atoms with Crippen LogP contribution in [0.1, 0.15) is 53.1 Å². The Kier molecular flexibility index (Phi) is 3.90. The summed E-state index contributed by atoms with van der Waals surface area (Å²) in [5, 5.41) is 8.97. The fraction of sp³-hybridized carbons (Fsp3) is 0.562. The molecule has 5 heteroatoms. The number of aromatic carboxylic acids is 1. The minimum atomic E-state index is -1.10. The average Bonchev–Trinajstić information content (AvgIpc) is 2.53. The lowest BCUT2D eigenvalue weighted by molar-refractivity contribution is 0.0515. The molecule has 2 aliphatic rings. The van der Waals surface area contributed by atoms with Crippen LogP contribution in [-0.2, 0) is 0 Å². The number of likely N-dealkylation sites (tertiary alicyclic amines) is 1. The van der Waals surface area contributed by atoms with Gasteiger partial charge in [0.15, 0.2) is 0 Å². The van der Waals surface area contributed by atoms with Crippen molar-refractivity contribution in [3.63, 3.8) is 0 Å². The van der Waals surface area contributed by atoms with Crippen LogP contribution in [0.25, 0.3) is 0 Å². The Morgan fingerprint density at radius 1 is 1.10 bits per heavy atom. The SMILES string of the molecule is O=C(O)c1cccc(C(=O)N2CCC3CCCCC3C2)n1. The molecule has 21 heavy (non-hydrogen) atoms. The largest absolute Gasteiger partial charge is 0.477 e. The molecule has 1 saturated carbocycles. The van der Waals surface area contributed by atoms with Crippen LogP contribution in [0.5, 0.6) is 0 Å². The monoisotopic (exact) mass is 288 g/mol. The van der Waals surface area contributed by atoms with E-state index in [1.807, 2.05) is 4.90 Å². The standard InChI is InChI=1S/C16H20N2O3/c19-15(13-6-3-7-14(17-13)16(20)21)18-9-8-11-4-1-2-5-12(11)10-18/h3,6-7,11-12H,1-2,4-5,8-10H2,(H,20,21). The average molecular weight is 288 g/mol. The molecule has 2 atom stereocenters. The molecular formula is C16H20N2O3. The van der Waals surface area contributed by atoms with Gasteiger partial charge in [0.25, 0.3) is 5.91 Å². The number of aromatic nitrogens is 1. The van der Waals surface area contributed by atoms with E-state index in [1.54, 1.807) is 12.1 Å².